The number of aromatic hydroxyl groups is 1. The number of phenolic OH excluding ortho intramolecular Hbond substituents is 1. The zero-order valence-corrected chi connectivity index (χ0v) is 16.7. The van der Waals surface area contributed by atoms with E-state index in [2.05, 4.69) is 26.1 Å². The summed E-state index contributed by atoms with van der Waals surface area (Å²) in [5.41, 5.74) is 1.46. The molecule has 2 heterocycles. The lowest BCUT2D eigenvalue weighted by molar-refractivity contribution is 0.103. The summed E-state index contributed by atoms with van der Waals surface area (Å²) in [7, 11) is 0. The molecule has 0 aliphatic heterocycles. The average molecular weight is 391 g/mol. The second-order valence-electron chi connectivity index (χ2n) is 7.70. The van der Waals surface area contributed by atoms with Crippen molar-refractivity contribution in [2.75, 3.05) is 5.32 Å². The maximum absolute atomic E-state index is 12.9. The van der Waals surface area contributed by atoms with Gasteiger partial charge in [0.15, 0.2) is 0 Å². The quantitative estimate of drug-likeness (QED) is 0.495. The molecule has 0 saturated heterocycles. The van der Waals surface area contributed by atoms with E-state index in [9.17, 15) is 9.90 Å². The number of carbonyl (C=O) groups is 1. The zero-order chi connectivity index (χ0) is 19.9. The minimum atomic E-state index is -0.167. The summed E-state index contributed by atoms with van der Waals surface area (Å²) in [4.78, 5) is 13.5. The van der Waals surface area contributed by atoms with Crippen LogP contribution in [0.5, 0.6) is 5.75 Å². The molecular weight excluding hydrogens is 370 g/mol. The van der Waals surface area contributed by atoms with E-state index in [0.29, 0.717) is 10.7 Å². The number of benzene rings is 2. The van der Waals surface area contributed by atoms with Crippen LogP contribution in [0.25, 0.3) is 15.8 Å². The molecule has 6 heteroatoms. The summed E-state index contributed by atoms with van der Waals surface area (Å²) in [6.07, 6.45) is 0. The third-order valence-electron chi connectivity index (χ3n) is 4.46. The predicted molar refractivity (Wildman–Crippen MR) is 114 cm³/mol. The molecule has 1 amide bonds. The number of hydrogen-bond donors (Lipinski definition) is 2. The SMILES string of the molecule is CC(C)(C)c1cc(NC(=O)c2cc3ccccc3s2)n(-c2ccc(O)cc2)n1. The van der Waals surface area contributed by atoms with Crippen LogP contribution in [0.1, 0.15) is 36.1 Å². The van der Waals surface area contributed by atoms with Crippen LogP contribution in [0.3, 0.4) is 0 Å². The fourth-order valence-corrected chi connectivity index (χ4v) is 3.86. The van der Waals surface area contributed by atoms with Crippen molar-refractivity contribution in [3.05, 3.63) is 71.2 Å². The van der Waals surface area contributed by atoms with Gasteiger partial charge in [0.25, 0.3) is 5.91 Å². The van der Waals surface area contributed by atoms with Crippen LogP contribution >= 0.6 is 11.3 Å². The molecule has 0 aliphatic rings. The third kappa shape index (κ3) is 3.51. The fraction of sp³-hybridized carbons (Fsp3) is 0.182. The third-order valence-corrected chi connectivity index (χ3v) is 5.58. The predicted octanol–water partition coefficient (Wildman–Crippen LogP) is 5.34. The van der Waals surface area contributed by atoms with Crippen LogP contribution in [0.2, 0.25) is 0 Å². The van der Waals surface area contributed by atoms with Gasteiger partial charge in [0.2, 0.25) is 0 Å². The van der Waals surface area contributed by atoms with Crippen LogP contribution in [-0.4, -0.2) is 20.8 Å². The molecule has 28 heavy (non-hydrogen) atoms. The molecule has 0 bridgehead atoms. The summed E-state index contributed by atoms with van der Waals surface area (Å²) in [6, 6.07) is 18.5. The van der Waals surface area contributed by atoms with Gasteiger partial charge < -0.3 is 10.4 Å². The monoisotopic (exact) mass is 391 g/mol. The highest BCUT2D eigenvalue weighted by molar-refractivity contribution is 7.20. The van der Waals surface area contributed by atoms with Crippen molar-refractivity contribution in [3.8, 4) is 11.4 Å². The molecule has 0 saturated carbocycles. The van der Waals surface area contributed by atoms with E-state index in [0.717, 1.165) is 21.5 Å². The van der Waals surface area contributed by atoms with Gasteiger partial charge in [-0.1, -0.05) is 39.0 Å². The summed E-state index contributed by atoms with van der Waals surface area (Å²) in [5.74, 6) is 0.613. The highest BCUT2D eigenvalue weighted by Gasteiger charge is 2.22. The molecule has 0 spiro atoms. The molecule has 0 atom stereocenters. The first-order chi connectivity index (χ1) is 13.3. The molecule has 2 aromatic heterocycles. The van der Waals surface area contributed by atoms with Crippen molar-refractivity contribution in [2.24, 2.45) is 0 Å². The first kappa shape index (κ1) is 18.3. The molecule has 2 N–H and O–H groups in total. The van der Waals surface area contributed by atoms with Crippen LogP contribution in [0, 0.1) is 0 Å². The second-order valence-corrected chi connectivity index (χ2v) is 8.78. The largest absolute Gasteiger partial charge is 0.508 e. The Hall–Kier alpha value is -3.12. The van der Waals surface area contributed by atoms with Crippen molar-refractivity contribution < 1.29 is 9.90 Å². The maximum atomic E-state index is 12.9. The first-order valence-corrected chi connectivity index (χ1v) is 9.83. The number of hydrogen-bond acceptors (Lipinski definition) is 4. The van der Waals surface area contributed by atoms with Crippen molar-refractivity contribution >= 4 is 33.1 Å². The summed E-state index contributed by atoms with van der Waals surface area (Å²) < 4.78 is 2.78. The molecule has 0 aliphatic carbocycles. The Morgan fingerprint density at radius 2 is 1.79 bits per heavy atom. The normalized spacial score (nSPS) is 11.7. The van der Waals surface area contributed by atoms with E-state index < -0.39 is 0 Å². The molecule has 0 unspecified atom stereocenters. The van der Waals surface area contributed by atoms with Crippen LogP contribution < -0.4 is 5.32 Å². The Morgan fingerprint density at radius 3 is 2.46 bits per heavy atom. The Bertz CT molecular complexity index is 1120. The number of rotatable bonds is 3. The molecule has 2 aromatic carbocycles. The van der Waals surface area contributed by atoms with Gasteiger partial charge in [-0.3, -0.25) is 4.79 Å². The zero-order valence-electron chi connectivity index (χ0n) is 15.9. The Morgan fingerprint density at radius 1 is 1.07 bits per heavy atom. The minimum absolute atomic E-state index is 0.165. The molecule has 5 nitrogen and oxygen atoms in total. The van der Waals surface area contributed by atoms with Crippen molar-refractivity contribution in [1.82, 2.24) is 9.78 Å². The van der Waals surface area contributed by atoms with Crippen LogP contribution in [-0.2, 0) is 5.41 Å². The van der Waals surface area contributed by atoms with Crippen molar-refractivity contribution in [2.45, 2.75) is 26.2 Å². The highest BCUT2D eigenvalue weighted by Crippen LogP contribution is 2.29. The number of aromatic nitrogens is 2. The van der Waals surface area contributed by atoms with Gasteiger partial charge in [-0.2, -0.15) is 5.10 Å². The van der Waals surface area contributed by atoms with E-state index in [4.69, 9.17) is 5.10 Å². The summed E-state index contributed by atoms with van der Waals surface area (Å²) >= 11 is 1.47. The van der Waals surface area contributed by atoms with Gasteiger partial charge >= 0.3 is 0 Å². The number of fused-ring (bicyclic) bond motifs is 1. The van der Waals surface area contributed by atoms with Crippen molar-refractivity contribution in [1.29, 1.82) is 0 Å². The van der Waals surface area contributed by atoms with Gasteiger partial charge in [-0.25, -0.2) is 4.68 Å². The van der Waals surface area contributed by atoms with E-state index in [1.807, 2.05) is 36.4 Å². The average Bonchev–Trinajstić information content (AvgIpc) is 3.26. The molecular formula is C22H21N3O2S. The number of anilines is 1. The maximum Gasteiger partial charge on any atom is 0.266 e. The minimum Gasteiger partial charge on any atom is -0.508 e. The van der Waals surface area contributed by atoms with Gasteiger partial charge in [-0.05, 0) is 41.8 Å². The number of thiophene rings is 1. The van der Waals surface area contributed by atoms with Gasteiger partial charge in [-0.15, -0.1) is 11.3 Å². The topological polar surface area (TPSA) is 67.2 Å². The number of amides is 1. The molecule has 142 valence electrons. The molecule has 0 fully saturated rings. The fourth-order valence-electron chi connectivity index (χ4n) is 2.90. The molecule has 4 aromatic rings. The smallest absolute Gasteiger partial charge is 0.266 e. The standard InChI is InChI=1S/C22H21N3O2S/c1-22(2,3)19-13-20(25(24-19)15-8-10-16(26)11-9-15)23-21(27)18-12-14-6-4-5-7-17(14)28-18/h4-13,26H,1-3H3,(H,23,27). The molecule has 0 radical (unpaired) electrons. The lowest BCUT2D eigenvalue weighted by Gasteiger charge is -2.14. The second kappa shape index (κ2) is 6.80. The summed E-state index contributed by atoms with van der Waals surface area (Å²) in [5, 5.41) is 18.3. The Kier molecular flexibility index (Phi) is 4.43. The number of phenols is 1. The van der Waals surface area contributed by atoms with Crippen LogP contribution in [0.4, 0.5) is 5.82 Å². The van der Waals surface area contributed by atoms with Crippen molar-refractivity contribution in [3.63, 3.8) is 0 Å². The Labute approximate surface area is 167 Å². The van der Waals surface area contributed by atoms with E-state index in [-0.39, 0.29) is 17.1 Å². The van der Waals surface area contributed by atoms with Crippen LogP contribution in [0.15, 0.2) is 60.7 Å². The lowest BCUT2D eigenvalue weighted by Crippen LogP contribution is -2.14. The van der Waals surface area contributed by atoms with E-state index in [1.54, 1.807) is 28.9 Å². The number of nitrogens with zero attached hydrogens (tertiary/aromatic N) is 2. The first-order valence-electron chi connectivity index (χ1n) is 9.01. The summed E-state index contributed by atoms with van der Waals surface area (Å²) in [6.45, 7) is 6.23. The Balaban J connectivity index is 1.72. The van der Waals surface area contributed by atoms with Gasteiger partial charge in [0.1, 0.15) is 11.6 Å². The van der Waals surface area contributed by atoms with Gasteiger partial charge in [0.05, 0.1) is 16.3 Å². The molecule has 4 rings (SSSR count). The van der Waals surface area contributed by atoms with E-state index >= 15 is 0 Å². The number of carbonyl (C=O) groups excluding carboxylic acids is 1. The highest BCUT2D eigenvalue weighted by atomic mass is 32.1. The van der Waals surface area contributed by atoms with Gasteiger partial charge in [0, 0.05) is 16.2 Å². The number of nitrogens with one attached hydrogen (secondary N) is 1. The lowest BCUT2D eigenvalue weighted by atomic mass is 9.92. The van der Waals surface area contributed by atoms with E-state index in [1.165, 1.54) is 11.3 Å².